The standard InChI is InChI=1S/C20H29ClN4O2S/c1-22-15-12-18(23-2)20(19(13-15)24-3)28(26,27)25-10-8-14(9-11-25)16-6-4-5-7-17(16)21/h4,6-7,12-14,16,22-24H,5,8-11H2,1-3H3. The van der Waals surface area contributed by atoms with Crippen LogP contribution in [0.3, 0.4) is 0 Å². The van der Waals surface area contributed by atoms with Gasteiger partial charge in [0.15, 0.2) is 0 Å². The predicted octanol–water partition coefficient (Wildman–Crippen LogP) is 3.91. The summed E-state index contributed by atoms with van der Waals surface area (Å²) in [6.45, 7) is 1.00. The number of piperidine rings is 1. The molecule has 6 nitrogen and oxygen atoms in total. The highest BCUT2D eigenvalue weighted by molar-refractivity contribution is 7.89. The molecule has 1 unspecified atom stereocenters. The first-order valence-corrected chi connectivity index (χ1v) is 11.5. The quantitative estimate of drug-likeness (QED) is 0.604. The lowest BCUT2D eigenvalue weighted by atomic mass is 9.82. The number of hydrogen-bond acceptors (Lipinski definition) is 5. The van der Waals surface area contributed by atoms with E-state index in [2.05, 4.69) is 34.2 Å². The number of sulfonamides is 1. The number of rotatable bonds is 6. The van der Waals surface area contributed by atoms with Crippen molar-refractivity contribution < 1.29 is 8.42 Å². The summed E-state index contributed by atoms with van der Waals surface area (Å²) in [5.74, 6) is 0.599. The minimum atomic E-state index is -3.63. The second-order valence-electron chi connectivity index (χ2n) is 7.17. The van der Waals surface area contributed by atoms with E-state index in [1.165, 1.54) is 0 Å². The molecule has 1 atom stereocenters. The summed E-state index contributed by atoms with van der Waals surface area (Å²) >= 11 is 6.40. The van der Waals surface area contributed by atoms with Crippen LogP contribution in [0.4, 0.5) is 17.1 Å². The average Bonchev–Trinajstić information content (AvgIpc) is 2.73. The molecule has 1 aliphatic carbocycles. The second-order valence-corrected chi connectivity index (χ2v) is 9.48. The molecule has 0 bridgehead atoms. The SMILES string of the molecule is CNc1cc(NC)c(S(=O)(=O)N2CCC(C3C=CCC=C3Cl)CC2)c(NC)c1. The lowest BCUT2D eigenvalue weighted by molar-refractivity contribution is 0.248. The van der Waals surface area contributed by atoms with E-state index in [1.54, 1.807) is 18.4 Å². The van der Waals surface area contributed by atoms with Crippen molar-refractivity contribution in [1.82, 2.24) is 4.31 Å². The molecular formula is C20H29ClN4O2S. The molecule has 2 aliphatic rings. The number of nitrogens with one attached hydrogen (secondary N) is 3. The third-order valence-electron chi connectivity index (χ3n) is 5.63. The largest absolute Gasteiger partial charge is 0.388 e. The molecule has 1 aromatic carbocycles. The molecule has 1 saturated heterocycles. The highest BCUT2D eigenvalue weighted by Crippen LogP contribution is 2.39. The summed E-state index contributed by atoms with van der Waals surface area (Å²) in [5, 5.41) is 10.0. The van der Waals surface area contributed by atoms with Gasteiger partial charge in [-0.1, -0.05) is 29.8 Å². The first kappa shape index (κ1) is 21.0. The zero-order valence-electron chi connectivity index (χ0n) is 16.6. The minimum absolute atomic E-state index is 0.218. The van der Waals surface area contributed by atoms with Crippen LogP contribution in [0.15, 0.2) is 40.3 Å². The monoisotopic (exact) mass is 424 g/mol. The molecule has 28 heavy (non-hydrogen) atoms. The summed E-state index contributed by atoms with van der Waals surface area (Å²) in [7, 11) is 1.67. The molecule has 0 radical (unpaired) electrons. The number of benzene rings is 1. The van der Waals surface area contributed by atoms with Gasteiger partial charge in [-0.3, -0.25) is 0 Å². The molecule has 0 amide bonds. The van der Waals surface area contributed by atoms with Crippen LogP contribution in [0.5, 0.6) is 0 Å². The molecular weight excluding hydrogens is 396 g/mol. The summed E-state index contributed by atoms with van der Waals surface area (Å²) in [5.41, 5.74) is 2.01. The maximum absolute atomic E-state index is 13.5. The highest BCUT2D eigenvalue weighted by Gasteiger charge is 2.35. The Morgan fingerprint density at radius 1 is 1.04 bits per heavy atom. The Morgan fingerprint density at radius 2 is 1.64 bits per heavy atom. The van der Waals surface area contributed by atoms with Crippen LogP contribution >= 0.6 is 11.6 Å². The zero-order valence-corrected chi connectivity index (χ0v) is 18.2. The Morgan fingerprint density at radius 3 is 2.14 bits per heavy atom. The molecule has 1 aliphatic heterocycles. The second kappa shape index (κ2) is 8.76. The van der Waals surface area contributed by atoms with E-state index in [4.69, 9.17) is 11.6 Å². The van der Waals surface area contributed by atoms with Crippen molar-refractivity contribution in [3.8, 4) is 0 Å². The first-order valence-electron chi connectivity index (χ1n) is 9.66. The molecule has 0 spiro atoms. The third kappa shape index (κ3) is 4.02. The van der Waals surface area contributed by atoms with Crippen LogP contribution < -0.4 is 16.0 Å². The number of hydrogen-bond donors (Lipinski definition) is 3. The van der Waals surface area contributed by atoms with Crippen molar-refractivity contribution >= 4 is 38.7 Å². The van der Waals surface area contributed by atoms with Crippen LogP contribution in [0, 0.1) is 11.8 Å². The number of allylic oxidation sites excluding steroid dienone is 4. The molecule has 3 N–H and O–H groups in total. The van der Waals surface area contributed by atoms with Gasteiger partial charge in [0.25, 0.3) is 0 Å². The van der Waals surface area contributed by atoms with Crippen LogP contribution in [-0.4, -0.2) is 47.0 Å². The Bertz CT molecular complexity index is 849. The fourth-order valence-electron chi connectivity index (χ4n) is 4.04. The first-order chi connectivity index (χ1) is 13.4. The molecule has 154 valence electrons. The molecule has 3 rings (SSSR count). The van der Waals surface area contributed by atoms with Gasteiger partial charge in [0.1, 0.15) is 4.90 Å². The average molecular weight is 425 g/mol. The van der Waals surface area contributed by atoms with Gasteiger partial charge in [-0.15, -0.1) is 0 Å². The van der Waals surface area contributed by atoms with E-state index < -0.39 is 10.0 Å². The molecule has 0 saturated carbocycles. The van der Waals surface area contributed by atoms with Crippen molar-refractivity contribution in [3.05, 3.63) is 35.4 Å². The normalized spacial score (nSPS) is 21.3. The summed E-state index contributed by atoms with van der Waals surface area (Å²) < 4.78 is 28.5. The van der Waals surface area contributed by atoms with Gasteiger partial charge in [0, 0.05) is 50.9 Å². The minimum Gasteiger partial charge on any atom is -0.388 e. The lowest BCUT2D eigenvalue weighted by Gasteiger charge is -2.35. The van der Waals surface area contributed by atoms with Gasteiger partial charge >= 0.3 is 0 Å². The van der Waals surface area contributed by atoms with E-state index in [9.17, 15) is 8.42 Å². The zero-order chi connectivity index (χ0) is 20.3. The maximum Gasteiger partial charge on any atom is 0.247 e. The van der Waals surface area contributed by atoms with E-state index >= 15 is 0 Å². The van der Waals surface area contributed by atoms with Crippen molar-refractivity contribution in [2.24, 2.45) is 11.8 Å². The summed E-state index contributed by atoms with van der Waals surface area (Å²) in [6, 6.07) is 3.63. The van der Waals surface area contributed by atoms with Crippen molar-refractivity contribution in [1.29, 1.82) is 0 Å². The summed E-state index contributed by atoms with van der Waals surface area (Å²) in [6.07, 6.45) is 8.85. The number of halogens is 1. The molecule has 1 aromatic rings. The number of nitrogens with zero attached hydrogens (tertiary/aromatic N) is 1. The van der Waals surface area contributed by atoms with Gasteiger partial charge in [0.05, 0.1) is 11.4 Å². The maximum atomic E-state index is 13.5. The predicted molar refractivity (Wildman–Crippen MR) is 118 cm³/mol. The molecule has 0 aromatic heterocycles. The Labute approximate surface area is 173 Å². The smallest absolute Gasteiger partial charge is 0.247 e. The van der Waals surface area contributed by atoms with Gasteiger partial charge in [-0.25, -0.2) is 8.42 Å². The van der Waals surface area contributed by atoms with Crippen molar-refractivity contribution in [2.45, 2.75) is 24.2 Å². The van der Waals surface area contributed by atoms with Crippen molar-refractivity contribution in [3.63, 3.8) is 0 Å². The topological polar surface area (TPSA) is 73.5 Å². The number of anilines is 3. The highest BCUT2D eigenvalue weighted by atomic mass is 35.5. The fraction of sp³-hybridized carbons (Fsp3) is 0.500. The van der Waals surface area contributed by atoms with E-state index in [-0.39, 0.29) is 5.92 Å². The van der Waals surface area contributed by atoms with Crippen LogP contribution in [0.25, 0.3) is 0 Å². The van der Waals surface area contributed by atoms with Crippen molar-refractivity contribution in [2.75, 3.05) is 50.2 Å². The van der Waals surface area contributed by atoms with Crippen LogP contribution in [-0.2, 0) is 10.0 Å². The molecule has 1 fully saturated rings. The van der Waals surface area contributed by atoms with E-state index in [0.717, 1.165) is 30.0 Å². The van der Waals surface area contributed by atoms with Crippen LogP contribution in [0.2, 0.25) is 0 Å². The van der Waals surface area contributed by atoms with Gasteiger partial charge in [-0.05, 0) is 37.3 Å². The Kier molecular flexibility index (Phi) is 6.58. The van der Waals surface area contributed by atoms with Crippen LogP contribution in [0.1, 0.15) is 19.3 Å². The summed E-state index contributed by atoms with van der Waals surface area (Å²) in [4.78, 5) is 0.297. The van der Waals surface area contributed by atoms with Gasteiger partial charge in [-0.2, -0.15) is 4.31 Å². The van der Waals surface area contributed by atoms with Gasteiger partial charge in [0.2, 0.25) is 10.0 Å². The molecule has 1 heterocycles. The molecule has 8 heteroatoms. The Balaban J connectivity index is 1.84. The van der Waals surface area contributed by atoms with E-state index in [0.29, 0.717) is 35.3 Å². The lowest BCUT2D eigenvalue weighted by Crippen LogP contribution is -2.40. The Hall–Kier alpha value is -1.70. The third-order valence-corrected chi connectivity index (χ3v) is 8.04. The van der Waals surface area contributed by atoms with Gasteiger partial charge < -0.3 is 16.0 Å². The van der Waals surface area contributed by atoms with E-state index in [1.807, 2.05) is 19.2 Å². The fourth-order valence-corrected chi connectivity index (χ4v) is 6.21.